The number of hydrogen-bond donors (Lipinski definition) is 1. The van der Waals surface area contributed by atoms with Gasteiger partial charge in [0, 0.05) is 12.5 Å². The van der Waals surface area contributed by atoms with Crippen LogP contribution in [0.15, 0.2) is 35.9 Å². The Morgan fingerprint density at radius 1 is 1.04 bits per heavy atom. The van der Waals surface area contributed by atoms with Gasteiger partial charge in [-0.1, -0.05) is 55.7 Å². The second kappa shape index (κ2) is 7.84. The summed E-state index contributed by atoms with van der Waals surface area (Å²) >= 11 is 0. The van der Waals surface area contributed by atoms with E-state index in [1.807, 2.05) is 0 Å². The number of hydrogen-bond acceptors (Lipinski definition) is 2. The van der Waals surface area contributed by atoms with Gasteiger partial charge in [-0.3, -0.25) is 0 Å². The molecule has 0 radical (unpaired) electrons. The fourth-order valence-electron chi connectivity index (χ4n) is 4.97. The van der Waals surface area contributed by atoms with E-state index in [1.165, 1.54) is 49.7 Å². The molecule has 0 aromatic heterocycles. The van der Waals surface area contributed by atoms with Crippen molar-refractivity contribution in [2.75, 3.05) is 20.6 Å². The minimum absolute atomic E-state index is 0.360. The first-order valence-corrected chi connectivity index (χ1v) is 9.74. The Kier molecular flexibility index (Phi) is 5.78. The molecule has 0 heterocycles. The maximum absolute atomic E-state index is 12.0. The van der Waals surface area contributed by atoms with Gasteiger partial charge < -0.3 is 10.0 Å². The lowest BCUT2D eigenvalue weighted by molar-refractivity contribution is -0.0706. The lowest BCUT2D eigenvalue weighted by Gasteiger charge is -2.49. The van der Waals surface area contributed by atoms with Crippen molar-refractivity contribution in [1.29, 1.82) is 0 Å². The van der Waals surface area contributed by atoms with Crippen molar-refractivity contribution in [3.63, 3.8) is 0 Å². The third-order valence-electron chi connectivity index (χ3n) is 6.09. The fraction of sp³-hybridized carbons (Fsp3) is 0.636. The van der Waals surface area contributed by atoms with E-state index in [1.54, 1.807) is 0 Å². The van der Waals surface area contributed by atoms with Crippen LogP contribution in [0.3, 0.4) is 0 Å². The van der Waals surface area contributed by atoms with Crippen LogP contribution in [0.4, 0.5) is 0 Å². The second-order valence-electron chi connectivity index (χ2n) is 8.09. The molecule has 0 bridgehead atoms. The van der Waals surface area contributed by atoms with Gasteiger partial charge in [0.25, 0.3) is 0 Å². The summed E-state index contributed by atoms with van der Waals surface area (Å²) in [5, 5.41) is 12.0. The molecule has 2 heteroatoms. The van der Waals surface area contributed by atoms with Crippen LogP contribution in [0.1, 0.15) is 56.9 Å². The molecule has 0 aliphatic heterocycles. The first-order valence-electron chi connectivity index (χ1n) is 9.74. The fourth-order valence-corrected chi connectivity index (χ4v) is 4.97. The van der Waals surface area contributed by atoms with Crippen LogP contribution in [0.2, 0.25) is 0 Å². The van der Waals surface area contributed by atoms with Gasteiger partial charge in [-0.15, -0.1) is 0 Å². The zero-order valence-electron chi connectivity index (χ0n) is 15.4. The Morgan fingerprint density at radius 3 is 2.42 bits per heavy atom. The summed E-state index contributed by atoms with van der Waals surface area (Å²) in [4.78, 5) is 2.25. The molecule has 0 spiro atoms. The van der Waals surface area contributed by atoms with Crippen LogP contribution in [0.5, 0.6) is 0 Å². The van der Waals surface area contributed by atoms with E-state index in [0.29, 0.717) is 11.8 Å². The van der Waals surface area contributed by atoms with Gasteiger partial charge in [-0.05, 0) is 63.3 Å². The lowest BCUT2D eigenvalue weighted by Crippen LogP contribution is -2.52. The highest BCUT2D eigenvalue weighted by atomic mass is 16.3. The smallest absolute Gasteiger partial charge is 0.0928 e. The Morgan fingerprint density at radius 2 is 1.75 bits per heavy atom. The molecule has 1 aromatic rings. The molecule has 0 saturated heterocycles. The molecular weight excluding hydrogens is 294 g/mol. The largest absolute Gasteiger partial charge is 0.385 e. The van der Waals surface area contributed by atoms with E-state index >= 15 is 0 Å². The molecule has 1 aromatic carbocycles. The standard InChI is InChI=1S/C22H33NO/c1-23(2)17-21-15-9-14-20(16-18-10-5-3-6-11-18)22(21,24)19-12-7-4-8-13-19/h3,5-6,10-11,16,19,21,24H,4,7-9,12-15,17H2,1-2H3/b20-16+. The van der Waals surface area contributed by atoms with Gasteiger partial charge in [0.2, 0.25) is 0 Å². The van der Waals surface area contributed by atoms with Crippen LogP contribution >= 0.6 is 0 Å². The van der Waals surface area contributed by atoms with Crippen LogP contribution in [-0.2, 0) is 0 Å². The van der Waals surface area contributed by atoms with E-state index < -0.39 is 5.60 Å². The molecule has 3 rings (SSSR count). The quantitative estimate of drug-likeness (QED) is 0.863. The van der Waals surface area contributed by atoms with Gasteiger partial charge in [0.1, 0.15) is 0 Å². The predicted octanol–water partition coefficient (Wildman–Crippen LogP) is 4.74. The molecule has 2 saturated carbocycles. The molecule has 24 heavy (non-hydrogen) atoms. The first-order chi connectivity index (χ1) is 11.6. The van der Waals surface area contributed by atoms with Crippen molar-refractivity contribution in [2.45, 2.75) is 57.0 Å². The predicted molar refractivity (Wildman–Crippen MR) is 102 cm³/mol. The minimum Gasteiger partial charge on any atom is -0.385 e. The topological polar surface area (TPSA) is 23.5 Å². The molecule has 132 valence electrons. The molecular formula is C22H33NO. The van der Waals surface area contributed by atoms with Crippen molar-refractivity contribution in [2.24, 2.45) is 11.8 Å². The summed E-state index contributed by atoms with van der Waals surface area (Å²) in [7, 11) is 4.27. The molecule has 2 unspecified atom stereocenters. The Bertz CT molecular complexity index is 544. The second-order valence-corrected chi connectivity index (χ2v) is 8.09. The number of aliphatic hydroxyl groups is 1. The van der Waals surface area contributed by atoms with Crippen LogP contribution in [0.25, 0.3) is 6.08 Å². The van der Waals surface area contributed by atoms with Crippen molar-refractivity contribution in [3.05, 3.63) is 41.5 Å². The number of benzene rings is 1. The van der Waals surface area contributed by atoms with E-state index in [4.69, 9.17) is 0 Å². The summed E-state index contributed by atoms with van der Waals surface area (Å²) < 4.78 is 0. The number of nitrogens with zero attached hydrogens (tertiary/aromatic N) is 1. The zero-order chi connectivity index (χ0) is 17.0. The summed E-state index contributed by atoms with van der Waals surface area (Å²) in [5.74, 6) is 0.797. The Balaban J connectivity index is 1.96. The maximum Gasteiger partial charge on any atom is 0.0928 e. The maximum atomic E-state index is 12.0. The summed E-state index contributed by atoms with van der Waals surface area (Å²) in [6.07, 6.45) is 12.0. The van der Waals surface area contributed by atoms with E-state index in [-0.39, 0.29) is 0 Å². The number of rotatable bonds is 4. The van der Waals surface area contributed by atoms with Gasteiger partial charge in [-0.2, -0.15) is 0 Å². The SMILES string of the molecule is CN(C)CC1CCC/C(=C\c2ccccc2)C1(O)C1CCCCC1. The average molecular weight is 328 g/mol. The first kappa shape index (κ1) is 17.7. The molecule has 2 fully saturated rings. The van der Waals surface area contributed by atoms with E-state index in [2.05, 4.69) is 55.4 Å². The molecule has 1 N–H and O–H groups in total. The zero-order valence-corrected chi connectivity index (χ0v) is 15.4. The normalized spacial score (nSPS) is 30.8. The van der Waals surface area contributed by atoms with Crippen LogP contribution in [0, 0.1) is 11.8 Å². The van der Waals surface area contributed by atoms with Gasteiger partial charge >= 0.3 is 0 Å². The van der Waals surface area contributed by atoms with Crippen LogP contribution < -0.4 is 0 Å². The molecule has 2 atom stereocenters. The highest BCUT2D eigenvalue weighted by molar-refractivity contribution is 5.56. The van der Waals surface area contributed by atoms with Gasteiger partial charge in [0.15, 0.2) is 0 Å². The summed E-state index contributed by atoms with van der Waals surface area (Å²) in [5.41, 5.74) is 1.91. The highest BCUT2D eigenvalue weighted by Crippen LogP contribution is 2.48. The van der Waals surface area contributed by atoms with Gasteiger partial charge in [0.05, 0.1) is 5.60 Å². The van der Waals surface area contributed by atoms with Crippen molar-refractivity contribution in [3.8, 4) is 0 Å². The van der Waals surface area contributed by atoms with Gasteiger partial charge in [-0.25, -0.2) is 0 Å². The third kappa shape index (κ3) is 3.75. The molecule has 0 amide bonds. The van der Waals surface area contributed by atoms with Crippen molar-refractivity contribution in [1.82, 2.24) is 4.90 Å². The van der Waals surface area contributed by atoms with Crippen molar-refractivity contribution >= 4 is 6.08 Å². The summed E-state index contributed by atoms with van der Waals surface area (Å²) in [6.45, 7) is 0.985. The van der Waals surface area contributed by atoms with E-state index in [9.17, 15) is 5.11 Å². The molecule has 2 nitrogen and oxygen atoms in total. The van der Waals surface area contributed by atoms with E-state index in [0.717, 1.165) is 19.4 Å². The Hall–Kier alpha value is -1.12. The Labute approximate surface area is 147 Å². The highest BCUT2D eigenvalue weighted by Gasteiger charge is 2.48. The van der Waals surface area contributed by atoms with Crippen LogP contribution in [-0.4, -0.2) is 36.2 Å². The molecule has 2 aliphatic rings. The average Bonchev–Trinajstić information content (AvgIpc) is 2.60. The van der Waals surface area contributed by atoms with Crippen molar-refractivity contribution < 1.29 is 5.11 Å². The molecule has 2 aliphatic carbocycles. The monoisotopic (exact) mass is 327 g/mol. The lowest BCUT2D eigenvalue weighted by atomic mass is 9.61. The summed E-state index contributed by atoms with van der Waals surface area (Å²) in [6, 6.07) is 10.6. The third-order valence-corrected chi connectivity index (χ3v) is 6.09. The minimum atomic E-state index is -0.612.